The Hall–Kier alpha value is -2.42. The number of ether oxygens (including phenoxy) is 1. The molecule has 0 atom stereocenters. The highest BCUT2D eigenvalue weighted by Gasteiger charge is 2.22. The molecular weight excluding hydrogens is 488 g/mol. The molecule has 154 valence electrons. The summed E-state index contributed by atoms with van der Waals surface area (Å²) in [6.07, 6.45) is 2.51. The summed E-state index contributed by atoms with van der Waals surface area (Å²) in [6.45, 7) is 0. The molecule has 9 heteroatoms. The van der Waals surface area contributed by atoms with Crippen LogP contribution in [0.2, 0.25) is 5.02 Å². The number of para-hydroxylation sites is 1. The van der Waals surface area contributed by atoms with E-state index in [-0.39, 0.29) is 0 Å². The predicted molar refractivity (Wildman–Crippen MR) is 125 cm³/mol. The van der Waals surface area contributed by atoms with Gasteiger partial charge in [-0.1, -0.05) is 29.8 Å². The van der Waals surface area contributed by atoms with E-state index in [0.717, 1.165) is 27.4 Å². The first-order chi connectivity index (χ1) is 14.7. The van der Waals surface area contributed by atoms with Gasteiger partial charge in [0.15, 0.2) is 5.76 Å². The van der Waals surface area contributed by atoms with E-state index in [1.807, 2.05) is 59.2 Å². The zero-order valence-electron chi connectivity index (χ0n) is 16.0. The fourth-order valence-corrected chi connectivity index (χ4v) is 4.29. The number of hydrogen-bond acceptors (Lipinski definition) is 6. The molecule has 0 unspecified atom stereocenters. The lowest BCUT2D eigenvalue weighted by molar-refractivity contribution is 0.412. The molecule has 1 N–H and O–H groups in total. The molecule has 0 bridgehead atoms. The molecule has 0 fully saturated rings. The smallest absolute Gasteiger partial charge is 0.239 e. The molecule has 30 heavy (non-hydrogen) atoms. The minimum absolute atomic E-state index is 0.575. The highest BCUT2D eigenvalue weighted by Crippen LogP contribution is 2.36. The third-order valence-corrected chi connectivity index (χ3v) is 5.99. The molecule has 0 aliphatic heterocycles. The number of anilines is 1. The van der Waals surface area contributed by atoms with Crippen molar-refractivity contribution < 1.29 is 9.15 Å². The second-order valence-electron chi connectivity index (χ2n) is 6.28. The molecule has 2 aromatic heterocycles. The van der Waals surface area contributed by atoms with E-state index < -0.39 is 0 Å². The molecule has 0 aliphatic rings. The Bertz CT molecular complexity index is 1120. The molecule has 0 spiro atoms. The summed E-state index contributed by atoms with van der Waals surface area (Å²) in [5, 5.41) is 9.44. The average Bonchev–Trinajstić information content (AvgIpc) is 3.42. The van der Waals surface area contributed by atoms with Crippen molar-refractivity contribution in [3.63, 3.8) is 0 Å². The predicted octanol–water partition coefficient (Wildman–Crippen LogP) is 6.25. The number of methoxy groups -OCH3 is 1. The molecule has 0 saturated heterocycles. The van der Waals surface area contributed by atoms with Crippen molar-refractivity contribution in [1.29, 1.82) is 0 Å². The minimum Gasteiger partial charge on any atom is -0.495 e. The maximum atomic E-state index is 5.95. The highest BCUT2D eigenvalue weighted by molar-refractivity contribution is 9.10. The van der Waals surface area contributed by atoms with Crippen molar-refractivity contribution in [2.75, 3.05) is 17.6 Å². The van der Waals surface area contributed by atoms with Crippen molar-refractivity contribution in [2.45, 2.75) is 6.42 Å². The van der Waals surface area contributed by atoms with Crippen molar-refractivity contribution in [2.24, 2.45) is 0 Å². The maximum Gasteiger partial charge on any atom is 0.239 e. The molecule has 2 aromatic carbocycles. The quantitative estimate of drug-likeness (QED) is 0.225. The molecule has 4 rings (SSSR count). The van der Waals surface area contributed by atoms with Gasteiger partial charge in [-0.3, -0.25) is 9.29 Å². The molecule has 4 aromatic rings. The number of hydrogen-bond donors (Lipinski definition) is 1. The molecule has 2 heterocycles. The van der Waals surface area contributed by atoms with Crippen molar-refractivity contribution in [1.82, 2.24) is 14.8 Å². The number of furan rings is 1. The fourth-order valence-electron chi connectivity index (χ4n) is 2.94. The van der Waals surface area contributed by atoms with E-state index in [1.54, 1.807) is 25.3 Å². The van der Waals surface area contributed by atoms with E-state index in [1.165, 1.54) is 5.56 Å². The first-order valence-corrected chi connectivity index (χ1v) is 11.3. The van der Waals surface area contributed by atoms with Crippen LogP contribution >= 0.6 is 39.5 Å². The van der Waals surface area contributed by atoms with Crippen LogP contribution in [0.15, 0.2) is 69.8 Å². The van der Waals surface area contributed by atoms with E-state index in [0.29, 0.717) is 23.3 Å². The standard InChI is InChI=1S/C21H18BrClN4O2S/c1-28-17-5-2-4-16(22)19(17)27-20(18-6-3-12-29-18)24-25-21(27)26-30-13-11-14-7-9-15(23)10-8-14/h2-10,12H,11,13H2,1H3,(H,25,26). The largest absolute Gasteiger partial charge is 0.495 e. The number of halogens is 2. The topological polar surface area (TPSA) is 65.1 Å². The van der Waals surface area contributed by atoms with Crippen molar-refractivity contribution in [3.8, 4) is 23.0 Å². The zero-order valence-corrected chi connectivity index (χ0v) is 19.2. The van der Waals surface area contributed by atoms with E-state index in [9.17, 15) is 0 Å². The monoisotopic (exact) mass is 504 g/mol. The van der Waals surface area contributed by atoms with E-state index >= 15 is 0 Å². The lowest BCUT2D eigenvalue weighted by Crippen LogP contribution is -2.06. The van der Waals surface area contributed by atoms with Gasteiger partial charge in [-0.25, -0.2) is 0 Å². The molecule has 0 aliphatic carbocycles. The number of aryl methyl sites for hydroxylation is 1. The van der Waals surface area contributed by atoms with Crippen LogP contribution < -0.4 is 9.46 Å². The van der Waals surface area contributed by atoms with Crippen LogP contribution in [0, 0.1) is 0 Å². The number of rotatable bonds is 8. The minimum atomic E-state index is 0.575. The molecule has 0 saturated carbocycles. The van der Waals surface area contributed by atoms with Gasteiger partial charge in [-0.15, -0.1) is 10.2 Å². The summed E-state index contributed by atoms with van der Waals surface area (Å²) in [4.78, 5) is 0. The van der Waals surface area contributed by atoms with Gasteiger partial charge in [0.2, 0.25) is 11.8 Å². The Morgan fingerprint density at radius 2 is 1.97 bits per heavy atom. The number of nitrogens with one attached hydrogen (secondary N) is 1. The van der Waals surface area contributed by atoms with Crippen LogP contribution in [0.25, 0.3) is 17.3 Å². The van der Waals surface area contributed by atoms with Crippen LogP contribution in [0.4, 0.5) is 5.95 Å². The van der Waals surface area contributed by atoms with Gasteiger partial charge < -0.3 is 9.15 Å². The number of benzene rings is 2. The summed E-state index contributed by atoms with van der Waals surface area (Å²) >= 11 is 11.1. The van der Waals surface area contributed by atoms with Crippen LogP contribution in [0.1, 0.15) is 5.56 Å². The van der Waals surface area contributed by atoms with Crippen molar-refractivity contribution in [3.05, 3.63) is 75.9 Å². The number of aromatic nitrogens is 3. The Morgan fingerprint density at radius 3 is 2.70 bits per heavy atom. The Balaban J connectivity index is 1.60. The third kappa shape index (κ3) is 4.50. The number of nitrogens with zero attached hydrogens (tertiary/aromatic N) is 3. The second-order valence-corrected chi connectivity index (χ2v) is 8.47. The van der Waals surface area contributed by atoms with Gasteiger partial charge in [-0.2, -0.15) is 0 Å². The Kier molecular flexibility index (Phi) is 6.66. The molecule has 6 nitrogen and oxygen atoms in total. The van der Waals surface area contributed by atoms with Crippen LogP contribution in [-0.2, 0) is 6.42 Å². The highest BCUT2D eigenvalue weighted by atomic mass is 79.9. The summed E-state index contributed by atoms with van der Waals surface area (Å²) in [5.74, 6) is 3.29. The summed E-state index contributed by atoms with van der Waals surface area (Å²) < 4.78 is 17.2. The lowest BCUT2D eigenvalue weighted by atomic mass is 10.2. The van der Waals surface area contributed by atoms with Crippen LogP contribution in [0.3, 0.4) is 0 Å². The summed E-state index contributed by atoms with van der Waals surface area (Å²) in [5.41, 5.74) is 2.01. The third-order valence-electron chi connectivity index (χ3n) is 4.37. The van der Waals surface area contributed by atoms with Gasteiger partial charge >= 0.3 is 0 Å². The van der Waals surface area contributed by atoms with Crippen LogP contribution in [-0.4, -0.2) is 27.6 Å². The van der Waals surface area contributed by atoms with Gasteiger partial charge in [0, 0.05) is 15.2 Å². The normalized spacial score (nSPS) is 10.9. The molecular formula is C21H18BrClN4O2S. The van der Waals surface area contributed by atoms with Crippen LogP contribution in [0.5, 0.6) is 5.75 Å². The van der Waals surface area contributed by atoms with Gasteiger partial charge in [0.25, 0.3) is 0 Å². The SMILES string of the molecule is COc1cccc(Br)c1-n1c(NSCCc2ccc(Cl)cc2)nnc1-c1ccco1. The Labute approximate surface area is 191 Å². The molecule has 0 amide bonds. The first kappa shape index (κ1) is 20.8. The Morgan fingerprint density at radius 1 is 1.13 bits per heavy atom. The average molecular weight is 506 g/mol. The van der Waals surface area contributed by atoms with Crippen molar-refractivity contribution >= 4 is 45.4 Å². The lowest BCUT2D eigenvalue weighted by Gasteiger charge is -2.15. The second kappa shape index (κ2) is 9.59. The maximum absolute atomic E-state index is 5.95. The van der Waals surface area contributed by atoms with E-state index in [2.05, 4.69) is 30.8 Å². The summed E-state index contributed by atoms with van der Waals surface area (Å²) in [7, 11) is 1.64. The van der Waals surface area contributed by atoms with Gasteiger partial charge in [0.05, 0.1) is 13.4 Å². The van der Waals surface area contributed by atoms with Gasteiger partial charge in [-0.05, 0) is 76.3 Å². The van der Waals surface area contributed by atoms with Gasteiger partial charge in [0.1, 0.15) is 11.4 Å². The molecule has 0 radical (unpaired) electrons. The van der Waals surface area contributed by atoms with E-state index in [4.69, 9.17) is 20.8 Å². The fraction of sp³-hybridized carbons (Fsp3) is 0.143. The first-order valence-electron chi connectivity index (χ1n) is 9.12. The summed E-state index contributed by atoms with van der Waals surface area (Å²) in [6, 6.07) is 17.3. The zero-order chi connectivity index (χ0) is 20.9.